The van der Waals surface area contributed by atoms with Gasteiger partial charge in [-0.05, 0) is 42.3 Å². The Bertz CT molecular complexity index is 896. The van der Waals surface area contributed by atoms with Gasteiger partial charge in [-0.1, -0.05) is 54.9 Å². The number of hydrogen-bond acceptors (Lipinski definition) is 2. The molecule has 0 saturated carbocycles. The monoisotopic (exact) mass is 371 g/mol. The molecule has 0 aromatic heterocycles. The van der Waals surface area contributed by atoms with Gasteiger partial charge in [0.15, 0.2) is 0 Å². The smallest absolute Gasteiger partial charge is 0.124 e. The lowest BCUT2D eigenvalue weighted by Gasteiger charge is -2.17. The molecule has 0 saturated heterocycles. The van der Waals surface area contributed by atoms with Gasteiger partial charge in [-0.15, -0.1) is 0 Å². The van der Waals surface area contributed by atoms with Crippen molar-refractivity contribution in [3.8, 4) is 5.75 Å². The van der Waals surface area contributed by atoms with E-state index in [0.717, 1.165) is 29.8 Å². The fourth-order valence-corrected chi connectivity index (χ4v) is 3.07. The molecule has 0 aliphatic carbocycles. The summed E-state index contributed by atoms with van der Waals surface area (Å²) in [6, 6.07) is 17.1. The molecule has 0 fully saturated rings. The molecule has 0 unspecified atom stereocenters. The number of hydrogen-bond donors (Lipinski definition) is 1. The first-order valence-corrected chi connectivity index (χ1v) is 9.27. The average Bonchev–Trinajstić information content (AvgIpc) is 2.65. The highest BCUT2D eigenvalue weighted by molar-refractivity contribution is 6.31. The molecule has 26 heavy (non-hydrogen) atoms. The highest BCUT2D eigenvalue weighted by atomic mass is 35.5. The quantitative estimate of drug-likeness (QED) is 0.541. The molecule has 3 aromatic rings. The molecule has 1 atom stereocenters. The van der Waals surface area contributed by atoms with E-state index in [0.29, 0.717) is 17.7 Å². The molecule has 2 nitrogen and oxygen atoms in total. The van der Waals surface area contributed by atoms with Crippen molar-refractivity contribution in [2.45, 2.75) is 39.5 Å². The lowest BCUT2D eigenvalue weighted by Crippen LogP contribution is -2.24. The van der Waals surface area contributed by atoms with E-state index in [-0.39, 0.29) is 5.82 Å². The Hall–Kier alpha value is -2.10. The standard InChI is InChI=1S/C22H23ClFNO/c1-3-15(2)25-13-20-19-7-5-4-6-16(19)9-11-22(20)26-14-17-8-10-18(24)12-21(17)23/h4-12,15,25H,3,13-14H2,1-2H3/t15-/m1/s1. The van der Waals surface area contributed by atoms with Crippen LogP contribution in [0.1, 0.15) is 31.4 Å². The molecule has 0 bridgehead atoms. The number of ether oxygens (including phenoxy) is 1. The molecule has 0 aliphatic heterocycles. The van der Waals surface area contributed by atoms with Crippen LogP contribution in [0.15, 0.2) is 54.6 Å². The van der Waals surface area contributed by atoms with E-state index in [9.17, 15) is 4.39 Å². The molecule has 3 rings (SSSR count). The average molecular weight is 372 g/mol. The molecule has 0 heterocycles. The van der Waals surface area contributed by atoms with E-state index in [4.69, 9.17) is 16.3 Å². The zero-order chi connectivity index (χ0) is 18.5. The summed E-state index contributed by atoms with van der Waals surface area (Å²) in [4.78, 5) is 0. The van der Waals surface area contributed by atoms with Crippen LogP contribution in [0, 0.1) is 5.82 Å². The highest BCUT2D eigenvalue weighted by Gasteiger charge is 2.11. The van der Waals surface area contributed by atoms with Crippen LogP contribution in [-0.2, 0) is 13.2 Å². The van der Waals surface area contributed by atoms with Gasteiger partial charge in [-0.3, -0.25) is 0 Å². The van der Waals surface area contributed by atoms with Crippen LogP contribution in [0.2, 0.25) is 5.02 Å². The number of halogens is 2. The maximum Gasteiger partial charge on any atom is 0.124 e. The van der Waals surface area contributed by atoms with Crippen LogP contribution < -0.4 is 10.1 Å². The lowest BCUT2D eigenvalue weighted by molar-refractivity contribution is 0.302. The maximum absolute atomic E-state index is 13.2. The van der Waals surface area contributed by atoms with E-state index < -0.39 is 0 Å². The molecule has 0 amide bonds. The Labute approximate surface area is 158 Å². The zero-order valence-electron chi connectivity index (χ0n) is 15.1. The molecule has 1 N–H and O–H groups in total. The highest BCUT2D eigenvalue weighted by Crippen LogP contribution is 2.29. The van der Waals surface area contributed by atoms with Gasteiger partial charge >= 0.3 is 0 Å². The van der Waals surface area contributed by atoms with Crippen molar-refractivity contribution in [3.05, 3.63) is 76.6 Å². The summed E-state index contributed by atoms with van der Waals surface area (Å²) in [5, 5.41) is 6.28. The summed E-state index contributed by atoms with van der Waals surface area (Å²) in [6.07, 6.45) is 1.06. The Morgan fingerprint density at radius 2 is 1.92 bits per heavy atom. The summed E-state index contributed by atoms with van der Waals surface area (Å²) in [5.74, 6) is 0.475. The third-order valence-electron chi connectivity index (χ3n) is 4.64. The van der Waals surface area contributed by atoms with Gasteiger partial charge in [0, 0.05) is 23.7 Å². The fourth-order valence-electron chi connectivity index (χ4n) is 2.85. The number of fused-ring (bicyclic) bond motifs is 1. The minimum absolute atomic E-state index is 0.299. The maximum atomic E-state index is 13.2. The normalized spacial score (nSPS) is 12.3. The Kier molecular flexibility index (Phi) is 6.12. The molecule has 3 aromatic carbocycles. The van der Waals surface area contributed by atoms with Crippen LogP contribution in [0.4, 0.5) is 4.39 Å². The summed E-state index contributed by atoms with van der Waals surface area (Å²) in [5.41, 5.74) is 1.89. The van der Waals surface area contributed by atoms with Gasteiger partial charge in [-0.2, -0.15) is 0 Å². The van der Waals surface area contributed by atoms with Crippen molar-refractivity contribution in [1.82, 2.24) is 5.32 Å². The minimum atomic E-state index is -0.345. The predicted octanol–water partition coefficient (Wildman–Crippen LogP) is 6.10. The number of rotatable bonds is 7. The third kappa shape index (κ3) is 4.35. The Morgan fingerprint density at radius 1 is 1.12 bits per heavy atom. The van der Waals surface area contributed by atoms with Crippen molar-refractivity contribution < 1.29 is 9.13 Å². The van der Waals surface area contributed by atoms with Crippen molar-refractivity contribution in [3.63, 3.8) is 0 Å². The van der Waals surface area contributed by atoms with Gasteiger partial charge in [0.2, 0.25) is 0 Å². The van der Waals surface area contributed by atoms with E-state index in [1.807, 2.05) is 18.2 Å². The largest absolute Gasteiger partial charge is 0.488 e. The molecule has 0 radical (unpaired) electrons. The molecule has 0 spiro atoms. The van der Waals surface area contributed by atoms with E-state index in [1.54, 1.807) is 6.07 Å². The first-order chi connectivity index (χ1) is 12.6. The van der Waals surface area contributed by atoms with Gasteiger partial charge in [0.25, 0.3) is 0 Å². The second-order valence-electron chi connectivity index (χ2n) is 6.48. The van der Waals surface area contributed by atoms with E-state index in [2.05, 4.69) is 37.4 Å². The van der Waals surface area contributed by atoms with Crippen molar-refractivity contribution in [2.75, 3.05) is 0 Å². The van der Waals surface area contributed by atoms with Crippen LogP contribution in [0.25, 0.3) is 10.8 Å². The lowest BCUT2D eigenvalue weighted by atomic mass is 10.0. The van der Waals surface area contributed by atoms with Gasteiger partial charge in [0.05, 0.1) is 5.02 Å². The van der Waals surface area contributed by atoms with Crippen molar-refractivity contribution in [1.29, 1.82) is 0 Å². The summed E-state index contributed by atoms with van der Waals surface area (Å²) in [6.45, 7) is 5.36. The molecule has 0 aliphatic rings. The third-order valence-corrected chi connectivity index (χ3v) is 4.99. The molecule has 4 heteroatoms. The van der Waals surface area contributed by atoms with Crippen LogP contribution >= 0.6 is 11.6 Å². The fraction of sp³-hybridized carbons (Fsp3) is 0.273. The summed E-state index contributed by atoms with van der Waals surface area (Å²) >= 11 is 6.12. The van der Waals surface area contributed by atoms with Gasteiger partial charge in [-0.25, -0.2) is 4.39 Å². The topological polar surface area (TPSA) is 21.3 Å². The Morgan fingerprint density at radius 3 is 2.69 bits per heavy atom. The molecule has 136 valence electrons. The number of nitrogens with one attached hydrogen (secondary N) is 1. The minimum Gasteiger partial charge on any atom is -0.488 e. The molecular weight excluding hydrogens is 349 g/mol. The van der Waals surface area contributed by atoms with Crippen molar-refractivity contribution in [2.24, 2.45) is 0 Å². The predicted molar refractivity (Wildman–Crippen MR) is 106 cm³/mol. The van der Waals surface area contributed by atoms with Gasteiger partial charge in [0.1, 0.15) is 18.2 Å². The van der Waals surface area contributed by atoms with Crippen LogP contribution in [0.3, 0.4) is 0 Å². The van der Waals surface area contributed by atoms with Crippen molar-refractivity contribution >= 4 is 22.4 Å². The second kappa shape index (κ2) is 8.52. The summed E-state index contributed by atoms with van der Waals surface area (Å²) < 4.78 is 19.3. The van der Waals surface area contributed by atoms with E-state index in [1.165, 1.54) is 22.9 Å². The second-order valence-corrected chi connectivity index (χ2v) is 6.89. The molecular formula is C22H23ClFNO. The first-order valence-electron chi connectivity index (χ1n) is 8.89. The zero-order valence-corrected chi connectivity index (χ0v) is 15.8. The first kappa shape index (κ1) is 18.7. The number of benzene rings is 3. The van der Waals surface area contributed by atoms with Gasteiger partial charge < -0.3 is 10.1 Å². The van der Waals surface area contributed by atoms with Crippen LogP contribution in [0.5, 0.6) is 5.75 Å². The van der Waals surface area contributed by atoms with Crippen LogP contribution in [-0.4, -0.2) is 6.04 Å². The van der Waals surface area contributed by atoms with E-state index >= 15 is 0 Å². The summed E-state index contributed by atoms with van der Waals surface area (Å²) in [7, 11) is 0. The SMILES string of the molecule is CC[C@@H](C)NCc1c(OCc2ccc(F)cc2Cl)ccc2ccccc12. The Balaban J connectivity index is 1.88.